The molecule has 21 heavy (non-hydrogen) atoms. The number of rotatable bonds is 3. The van der Waals surface area contributed by atoms with Gasteiger partial charge in [-0.15, -0.1) is 0 Å². The number of hydrogen-bond donors (Lipinski definition) is 1. The summed E-state index contributed by atoms with van der Waals surface area (Å²) in [6.45, 7) is 3.33. The van der Waals surface area contributed by atoms with Crippen molar-refractivity contribution in [2.24, 2.45) is 5.92 Å². The molecular formula is C18H22N2O. The lowest BCUT2D eigenvalue weighted by molar-refractivity contribution is -0.127. The minimum atomic E-state index is 0.183. The van der Waals surface area contributed by atoms with Gasteiger partial charge in [0.1, 0.15) is 0 Å². The van der Waals surface area contributed by atoms with E-state index in [4.69, 9.17) is 0 Å². The number of carbonyl (C=O) groups excluding carboxylic acids is 1. The maximum atomic E-state index is 11.6. The Morgan fingerprint density at radius 3 is 2.81 bits per heavy atom. The standard InChI is InChI=1S/C18H22N2O/c21-18(16-8-5-9-16)19-11-3-4-12-20-13-10-15-6-1-2-7-17(15)14-20/h1-2,6-7,16H,5,8-14H2,(H,19,21). The Bertz CT molecular complexity index is 566. The first kappa shape index (κ1) is 14.2. The number of fused-ring (bicyclic) bond motifs is 1. The first-order valence-corrected chi connectivity index (χ1v) is 7.85. The number of nitrogens with one attached hydrogen (secondary N) is 1. The molecule has 0 saturated heterocycles. The summed E-state index contributed by atoms with van der Waals surface area (Å²) in [6.07, 6.45) is 4.40. The third-order valence-corrected chi connectivity index (χ3v) is 4.46. The SMILES string of the molecule is O=C(NCC#CCN1CCc2ccccc2C1)C1CCC1. The van der Waals surface area contributed by atoms with E-state index in [1.165, 1.54) is 17.5 Å². The van der Waals surface area contributed by atoms with Crippen LogP contribution >= 0.6 is 0 Å². The molecule has 0 atom stereocenters. The maximum absolute atomic E-state index is 11.6. The molecular weight excluding hydrogens is 260 g/mol. The third kappa shape index (κ3) is 3.65. The van der Waals surface area contributed by atoms with Crippen molar-refractivity contribution in [1.29, 1.82) is 0 Å². The van der Waals surface area contributed by atoms with Gasteiger partial charge in [-0.05, 0) is 30.4 Å². The second-order valence-electron chi connectivity index (χ2n) is 5.93. The van der Waals surface area contributed by atoms with Crippen LogP contribution in [0, 0.1) is 17.8 Å². The van der Waals surface area contributed by atoms with Crippen LogP contribution in [0.15, 0.2) is 24.3 Å². The molecule has 0 spiro atoms. The Kier molecular flexibility index (Phi) is 4.57. The fourth-order valence-corrected chi connectivity index (χ4v) is 2.87. The second kappa shape index (κ2) is 6.78. The van der Waals surface area contributed by atoms with Gasteiger partial charge in [0, 0.05) is 19.0 Å². The zero-order valence-corrected chi connectivity index (χ0v) is 12.4. The summed E-state index contributed by atoms with van der Waals surface area (Å²) in [7, 11) is 0. The van der Waals surface area contributed by atoms with Crippen molar-refractivity contribution in [3.8, 4) is 11.8 Å². The van der Waals surface area contributed by atoms with Crippen molar-refractivity contribution in [3.05, 3.63) is 35.4 Å². The van der Waals surface area contributed by atoms with E-state index in [1.807, 2.05) is 0 Å². The van der Waals surface area contributed by atoms with Gasteiger partial charge in [0.15, 0.2) is 0 Å². The molecule has 3 nitrogen and oxygen atoms in total. The molecule has 110 valence electrons. The van der Waals surface area contributed by atoms with E-state index in [1.54, 1.807) is 0 Å². The Labute approximate surface area is 126 Å². The van der Waals surface area contributed by atoms with Crippen molar-refractivity contribution < 1.29 is 4.79 Å². The van der Waals surface area contributed by atoms with Crippen LogP contribution in [0.3, 0.4) is 0 Å². The van der Waals surface area contributed by atoms with Crippen LogP contribution in [0.4, 0.5) is 0 Å². The van der Waals surface area contributed by atoms with Gasteiger partial charge in [-0.2, -0.15) is 0 Å². The van der Waals surface area contributed by atoms with Crippen molar-refractivity contribution in [1.82, 2.24) is 10.2 Å². The summed E-state index contributed by atoms with van der Waals surface area (Å²) in [5.74, 6) is 6.68. The Balaban J connectivity index is 1.40. The van der Waals surface area contributed by atoms with Crippen LogP contribution in [-0.2, 0) is 17.8 Å². The van der Waals surface area contributed by atoms with E-state index in [0.29, 0.717) is 6.54 Å². The zero-order chi connectivity index (χ0) is 14.5. The lowest BCUT2D eigenvalue weighted by Crippen LogP contribution is -2.34. The molecule has 0 bridgehead atoms. The van der Waals surface area contributed by atoms with Crippen LogP contribution in [-0.4, -0.2) is 30.4 Å². The molecule has 1 fully saturated rings. The fraction of sp³-hybridized carbons (Fsp3) is 0.500. The molecule has 3 rings (SSSR count). The van der Waals surface area contributed by atoms with Crippen molar-refractivity contribution >= 4 is 5.91 Å². The molecule has 1 aliphatic heterocycles. The summed E-state index contributed by atoms with van der Waals surface area (Å²) < 4.78 is 0. The predicted octanol–water partition coefficient (Wildman–Crippen LogP) is 1.96. The van der Waals surface area contributed by atoms with Crippen molar-refractivity contribution in [2.45, 2.75) is 32.2 Å². The predicted molar refractivity (Wildman–Crippen MR) is 83.5 cm³/mol. The van der Waals surface area contributed by atoms with Gasteiger partial charge in [-0.25, -0.2) is 0 Å². The highest BCUT2D eigenvalue weighted by atomic mass is 16.1. The fourth-order valence-electron chi connectivity index (χ4n) is 2.87. The van der Waals surface area contributed by atoms with Crippen LogP contribution in [0.25, 0.3) is 0 Å². The average molecular weight is 282 g/mol. The van der Waals surface area contributed by atoms with Crippen LogP contribution < -0.4 is 5.32 Å². The second-order valence-corrected chi connectivity index (χ2v) is 5.93. The number of benzene rings is 1. The topological polar surface area (TPSA) is 32.3 Å². The summed E-state index contributed by atoms with van der Waals surface area (Å²) in [4.78, 5) is 14.0. The summed E-state index contributed by atoms with van der Waals surface area (Å²) in [5.41, 5.74) is 2.89. The van der Waals surface area contributed by atoms with Gasteiger partial charge in [0.25, 0.3) is 0 Å². The summed E-state index contributed by atoms with van der Waals surface area (Å²) >= 11 is 0. The molecule has 1 saturated carbocycles. The number of carbonyl (C=O) groups is 1. The van der Waals surface area contributed by atoms with Crippen LogP contribution in [0.2, 0.25) is 0 Å². The molecule has 1 aromatic rings. The molecule has 1 heterocycles. The molecule has 1 N–H and O–H groups in total. The van der Waals surface area contributed by atoms with Crippen LogP contribution in [0.5, 0.6) is 0 Å². The smallest absolute Gasteiger partial charge is 0.223 e. The Hall–Kier alpha value is -1.79. The van der Waals surface area contributed by atoms with Gasteiger partial charge in [-0.3, -0.25) is 9.69 Å². The van der Waals surface area contributed by atoms with E-state index >= 15 is 0 Å². The molecule has 1 aromatic carbocycles. The van der Waals surface area contributed by atoms with Gasteiger partial charge in [-0.1, -0.05) is 42.5 Å². The number of amides is 1. The zero-order valence-electron chi connectivity index (χ0n) is 12.4. The first-order valence-electron chi connectivity index (χ1n) is 7.85. The molecule has 0 radical (unpaired) electrons. The molecule has 3 heteroatoms. The monoisotopic (exact) mass is 282 g/mol. The van der Waals surface area contributed by atoms with E-state index in [9.17, 15) is 4.79 Å². The van der Waals surface area contributed by atoms with Gasteiger partial charge < -0.3 is 5.32 Å². The Morgan fingerprint density at radius 2 is 2.05 bits per heavy atom. The lowest BCUT2D eigenvalue weighted by Gasteiger charge is -2.26. The Morgan fingerprint density at radius 1 is 1.24 bits per heavy atom. The molecule has 0 unspecified atom stereocenters. The number of nitrogens with zero attached hydrogens (tertiary/aromatic N) is 1. The van der Waals surface area contributed by atoms with E-state index in [0.717, 1.165) is 38.9 Å². The van der Waals surface area contributed by atoms with E-state index < -0.39 is 0 Å². The molecule has 2 aliphatic rings. The van der Waals surface area contributed by atoms with Crippen molar-refractivity contribution in [3.63, 3.8) is 0 Å². The maximum Gasteiger partial charge on any atom is 0.223 e. The molecule has 1 amide bonds. The van der Waals surface area contributed by atoms with Crippen molar-refractivity contribution in [2.75, 3.05) is 19.6 Å². The average Bonchev–Trinajstić information content (AvgIpc) is 2.45. The normalized spacial score (nSPS) is 18.1. The quantitative estimate of drug-likeness (QED) is 0.860. The molecule has 1 aliphatic carbocycles. The first-order chi connectivity index (χ1) is 10.3. The van der Waals surface area contributed by atoms with Gasteiger partial charge in [0.2, 0.25) is 5.91 Å². The largest absolute Gasteiger partial charge is 0.345 e. The minimum absolute atomic E-state index is 0.183. The van der Waals surface area contributed by atoms with E-state index in [-0.39, 0.29) is 11.8 Å². The van der Waals surface area contributed by atoms with E-state index in [2.05, 4.69) is 46.3 Å². The summed E-state index contributed by atoms with van der Waals surface area (Å²) in [6, 6.07) is 8.63. The lowest BCUT2D eigenvalue weighted by atomic mass is 9.85. The van der Waals surface area contributed by atoms with Gasteiger partial charge in [0.05, 0.1) is 13.1 Å². The van der Waals surface area contributed by atoms with Crippen LogP contribution in [0.1, 0.15) is 30.4 Å². The minimum Gasteiger partial charge on any atom is -0.345 e. The third-order valence-electron chi connectivity index (χ3n) is 4.46. The summed E-state index contributed by atoms with van der Waals surface area (Å²) in [5, 5.41) is 2.91. The number of hydrogen-bond acceptors (Lipinski definition) is 2. The molecule has 0 aromatic heterocycles. The highest BCUT2D eigenvalue weighted by Crippen LogP contribution is 2.25. The van der Waals surface area contributed by atoms with Gasteiger partial charge >= 0.3 is 0 Å². The highest BCUT2D eigenvalue weighted by molar-refractivity contribution is 5.79. The highest BCUT2D eigenvalue weighted by Gasteiger charge is 2.24.